The minimum atomic E-state index is -0.308. The van der Waals surface area contributed by atoms with Crippen LogP contribution in [0.3, 0.4) is 0 Å². The maximum atomic E-state index is 12.9. The van der Waals surface area contributed by atoms with Crippen LogP contribution in [0.15, 0.2) is 47.1 Å². The maximum absolute atomic E-state index is 12.9. The first-order chi connectivity index (χ1) is 12.8. The summed E-state index contributed by atoms with van der Waals surface area (Å²) in [6.45, 7) is 2.16. The standard InChI is InChI=1S/C19H19FN4O2.ClH/c20-15-3-5-16(6-4-15)25-17-8-2-14(12-22-17)19-23-18(26-24-19)7-1-13-9-10-21-11-13;/h2-6,8,12-13,21H,1,7,9-11H2;1H. The van der Waals surface area contributed by atoms with E-state index in [1.54, 1.807) is 24.4 Å². The van der Waals surface area contributed by atoms with Crippen LogP contribution in [-0.2, 0) is 6.42 Å². The molecule has 1 fully saturated rings. The molecule has 3 heterocycles. The molecule has 1 aromatic carbocycles. The summed E-state index contributed by atoms with van der Waals surface area (Å²) in [5.41, 5.74) is 0.758. The highest BCUT2D eigenvalue weighted by atomic mass is 35.5. The van der Waals surface area contributed by atoms with E-state index in [4.69, 9.17) is 9.26 Å². The molecule has 1 saturated heterocycles. The zero-order chi connectivity index (χ0) is 17.8. The van der Waals surface area contributed by atoms with Crippen molar-refractivity contribution in [2.45, 2.75) is 19.3 Å². The number of benzene rings is 1. The van der Waals surface area contributed by atoms with Gasteiger partial charge in [0.15, 0.2) is 0 Å². The Morgan fingerprint density at radius 2 is 2.04 bits per heavy atom. The molecule has 1 atom stereocenters. The Balaban J connectivity index is 0.00000210. The fourth-order valence-corrected chi connectivity index (χ4v) is 2.96. The van der Waals surface area contributed by atoms with E-state index in [-0.39, 0.29) is 18.2 Å². The molecule has 4 rings (SSSR count). The molecular formula is C19H20ClFN4O2. The van der Waals surface area contributed by atoms with E-state index < -0.39 is 0 Å². The topological polar surface area (TPSA) is 73.1 Å². The van der Waals surface area contributed by atoms with Gasteiger partial charge in [-0.3, -0.25) is 0 Å². The second kappa shape index (κ2) is 8.92. The molecule has 6 nitrogen and oxygen atoms in total. The number of aromatic nitrogens is 3. The molecule has 0 saturated carbocycles. The summed E-state index contributed by atoms with van der Waals surface area (Å²) in [6.07, 6.45) is 4.69. The van der Waals surface area contributed by atoms with Gasteiger partial charge in [0.05, 0.1) is 0 Å². The van der Waals surface area contributed by atoms with E-state index in [9.17, 15) is 4.39 Å². The van der Waals surface area contributed by atoms with Crippen molar-refractivity contribution in [3.63, 3.8) is 0 Å². The van der Waals surface area contributed by atoms with Gasteiger partial charge in [-0.1, -0.05) is 5.16 Å². The van der Waals surface area contributed by atoms with E-state index in [2.05, 4.69) is 20.4 Å². The number of ether oxygens (including phenoxy) is 1. The van der Waals surface area contributed by atoms with Crippen molar-refractivity contribution in [2.75, 3.05) is 13.1 Å². The minimum Gasteiger partial charge on any atom is -0.439 e. The van der Waals surface area contributed by atoms with E-state index in [1.165, 1.54) is 18.6 Å². The van der Waals surface area contributed by atoms with Crippen molar-refractivity contribution < 1.29 is 13.7 Å². The molecule has 1 unspecified atom stereocenters. The van der Waals surface area contributed by atoms with E-state index in [1.807, 2.05) is 6.07 Å². The second-order valence-electron chi connectivity index (χ2n) is 6.35. The first-order valence-electron chi connectivity index (χ1n) is 8.69. The van der Waals surface area contributed by atoms with Crippen molar-refractivity contribution in [3.8, 4) is 23.0 Å². The smallest absolute Gasteiger partial charge is 0.226 e. The number of aryl methyl sites for hydroxylation is 1. The molecule has 0 spiro atoms. The molecule has 142 valence electrons. The normalized spacial score (nSPS) is 16.1. The van der Waals surface area contributed by atoms with Gasteiger partial charge in [0.1, 0.15) is 11.6 Å². The lowest BCUT2D eigenvalue weighted by atomic mass is 10.0. The Kier molecular flexibility index (Phi) is 6.36. The van der Waals surface area contributed by atoms with Crippen LogP contribution in [0.5, 0.6) is 11.6 Å². The number of nitrogens with zero attached hydrogens (tertiary/aromatic N) is 3. The number of nitrogens with one attached hydrogen (secondary N) is 1. The fraction of sp³-hybridized carbons (Fsp3) is 0.316. The lowest BCUT2D eigenvalue weighted by Crippen LogP contribution is -2.09. The highest BCUT2D eigenvalue weighted by Crippen LogP contribution is 2.23. The Bertz CT molecular complexity index is 849. The van der Waals surface area contributed by atoms with Crippen LogP contribution in [0.1, 0.15) is 18.7 Å². The molecule has 2 aromatic heterocycles. The van der Waals surface area contributed by atoms with Crippen molar-refractivity contribution in [3.05, 3.63) is 54.3 Å². The zero-order valence-corrected chi connectivity index (χ0v) is 15.4. The second-order valence-corrected chi connectivity index (χ2v) is 6.35. The number of hydrogen-bond acceptors (Lipinski definition) is 6. The highest BCUT2D eigenvalue weighted by Gasteiger charge is 2.16. The molecule has 27 heavy (non-hydrogen) atoms. The van der Waals surface area contributed by atoms with Crippen LogP contribution in [-0.4, -0.2) is 28.2 Å². The average Bonchev–Trinajstić information content (AvgIpc) is 3.34. The lowest BCUT2D eigenvalue weighted by Gasteiger charge is -2.04. The predicted molar refractivity (Wildman–Crippen MR) is 101 cm³/mol. The molecule has 1 aliphatic rings. The first-order valence-corrected chi connectivity index (χ1v) is 8.69. The number of halogens is 2. The van der Waals surface area contributed by atoms with E-state index in [0.29, 0.717) is 29.3 Å². The molecule has 3 aromatic rings. The maximum Gasteiger partial charge on any atom is 0.226 e. The van der Waals surface area contributed by atoms with Gasteiger partial charge in [0.25, 0.3) is 0 Å². The van der Waals surface area contributed by atoms with Gasteiger partial charge < -0.3 is 14.6 Å². The van der Waals surface area contributed by atoms with Crippen LogP contribution in [0, 0.1) is 11.7 Å². The third-order valence-corrected chi connectivity index (χ3v) is 4.43. The van der Waals surface area contributed by atoms with Crippen LogP contribution in [0.25, 0.3) is 11.4 Å². The minimum absolute atomic E-state index is 0. The molecular weight excluding hydrogens is 371 g/mol. The van der Waals surface area contributed by atoms with Gasteiger partial charge in [-0.25, -0.2) is 9.37 Å². The highest BCUT2D eigenvalue weighted by molar-refractivity contribution is 5.85. The van der Waals surface area contributed by atoms with Crippen molar-refractivity contribution in [1.82, 2.24) is 20.4 Å². The molecule has 0 radical (unpaired) electrons. The van der Waals surface area contributed by atoms with Gasteiger partial charge in [0.2, 0.25) is 17.6 Å². The summed E-state index contributed by atoms with van der Waals surface area (Å²) in [5.74, 6) is 2.49. The van der Waals surface area contributed by atoms with Crippen LogP contribution < -0.4 is 10.1 Å². The molecule has 0 aliphatic carbocycles. The molecule has 0 bridgehead atoms. The summed E-state index contributed by atoms with van der Waals surface area (Å²) in [5, 5.41) is 7.39. The number of pyridine rings is 1. The van der Waals surface area contributed by atoms with Crippen LogP contribution in [0.4, 0.5) is 4.39 Å². The largest absolute Gasteiger partial charge is 0.439 e. The zero-order valence-electron chi connectivity index (χ0n) is 14.6. The number of hydrogen-bond donors (Lipinski definition) is 1. The van der Waals surface area contributed by atoms with Crippen LogP contribution >= 0.6 is 12.4 Å². The molecule has 1 N–H and O–H groups in total. The van der Waals surface area contributed by atoms with Crippen LogP contribution in [0.2, 0.25) is 0 Å². The summed E-state index contributed by atoms with van der Waals surface area (Å²) in [4.78, 5) is 8.69. The van der Waals surface area contributed by atoms with Crippen molar-refractivity contribution in [1.29, 1.82) is 0 Å². The van der Waals surface area contributed by atoms with Crippen molar-refractivity contribution >= 4 is 12.4 Å². The number of rotatable bonds is 6. The Morgan fingerprint density at radius 3 is 2.74 bits per heavy atom. The van der Waals surface area contributed by atoms with Gasteiger partial charge in [-0.05, 0) is 62.2 Å². The molecule has 0 amide bonds. The quantitative estimate of drug-likeness (QED) is 0.685. The summed E-state index contributed by atoms with van der Waals surface area (Å²) >= 11 is 0. The Hall–Kier alpha value is -2.51. The molecule has 1 aliphatic heterocycles. The monoisotopic (exact) mass is 390 g/mol. The average molecular weight is 391 g/mol. The van der Waals surface area contributed by atoms with Gasteiger partial charge >= 0.3 is 0 Å². The van der Waals surface area contributed by atoms with E-state index >= 15 is 0 Å². The summed E-state index contributed by atoms with van der Waals surface area (Å²) < 4.78 is 23.8. The third kappa shape index (κ3) is 5.02. The Morgan fingerprint density at radius 1 is 1.19 bits per heavy atom. The Labute approximate surface area is 162 Å². The SMILES string of the molecule is Cl.Fc1ccc(Oc2ccc(-c3noc(CCC4CCNC4)n3)cn2)cc1. The third-order valence-electron chi connectivity index (χ3n) is 4.43. The summed E-state index contributed by atoms with van der Waals surface area (Å²) in [7, 11) is 0. The van der Waals surface area contributed by atoms with Gasteiger partial charge in [0, 0.05) is 24.2 Å². The van der Waals surface area contributed by atoms with Gasteiger partial charge in [-0.2, -0.15) is 4.98 Å². The van der Waals surface area contributed by atoms with Gasteiger partial charge in [-0.15, -0.1) is 12.4 Å². The first kappa shape index (κ1) is 19.3. The van der Waals surface area contributed by atoms with E-state index in [0.717, 1.165) is 31.5 Å². The van der Waals surface area contributed by atoms with Crippen molar-refractivity contribution in [2.24, 2.45) is 5.92 Å². The predicted octanol–water partition coefficient (Wildman–Crippen LogP) is 4.03. The summed E-state index contributed by atoms with van der Waals surface area (Å²) in [6, 6.07) is 9.32. The lowest BCUT2D eigenvalue weighted by molar-refractivity contribution is 0.365. The molecule has 8 heteroatoms. The fourth-order valence-electron chi connectivity index (χ4n) is 2.96.